The summed E-state index contributed by atoms with van der Waals surface area (Å²) in [5.74, 6) is 0.819. The maximum atomic E-state index is 12.8. The van der Waals surface area contributed by atoms with Crippen LogP contribution in [-0.4, -0.2) is 161 Å². The molecule has 57 heavy (non-hydrogen) atoms. The van der Waals surface area contributed by atoms with Crippen molar-refractivity contribution in [1.82, 2.24) is 29.6 Å². The second kappa shape index (κ2) is 26.9. The molecule has 0 aromatic carbocycles. The molecule has 0 radical (unpaired) electrons. The maximum Gasteiger partial charge on any atom is 0.255 e. The molecular weight excluding hydrogens is 855 g/mol. The number of pyridine rings is 2. The summed E-state index contributed by atoms with van der Waals surface area (Å²) in [6.45, 7) is 12.5. The van der Waals surface area contributed by atoms with E-state index in [2.05, 4.69) is 55.0 Å². The fourth-order valence-electron chi connectivity index (χ4n) is 7.70. The summed E-state index contributed by atoms with van der Waals surface area (Å²) in [5, 5.41) is 8.83. The minimum Gasteiger partial charge on any atom is -0.474 e. The van der Waals surface area contributed by atoms with Gasteiger partial charge in [-0.1, -0.05) is 35.4 Å². The second-order valence-corrected chi connectivity index (χ2v) is 15.4. The number of carbonyl (C=O) groups excluding carboxylic acids is 2. The number of carbonyl (C=O) groups is 2. The summed E-state index contributed by atoms with van der Waals surface area (Å²) in [6, 6.07) is 9.00. The molecule has 0 bridgehead atoms. The number of rotatable bonds is 6. The van der Waals surface area contributed by atoms with Gasteiger partial charge in [0.15, 0.2) is 0 Å². The molecule has 2 amide bonds. The van der Waals surface area contributed by atoms with Crippen LogP contribution >= 0.6 is 35.2 Å². The first-order valence-corrected chi connectivity index (χ1v) is 24.3. The highest BCUT2D eigenvalue weighted by Crippen LogP contribution is 2.27. The van der Waals surface area contributed by atoms with Crippen LogP contribution < -0.4 is 4.74 Å². The molecule has 1 N–H and O–H groups in total. The molecule has 14 heteroatoms. The maximum absolute atomic E-state index is 12.8. The minimum absolute atomic E-state index is 0.0885. The van der Waals surface area contributed by atoms with Crippen LogP contribution in [0.25, 0.3) is 0 Å². The van der Waals surface area contributed by atoms with Gasteiger partial charge in [0.25, 0.3) is 11.8 Å². The van der Waals surface area contributed by atoms with E-state index in [0.29, 0.717) is 17.0 Å². The van der Waals surface area contributed by atoms with E-state index in [9.17, 15) is 9.59 Å². The number of alkyl halides is 1. The Hall–Kier alpha value is -2.08. The van der Waals surface area contributed by atoms with Gasteiger partial charge >= 0.3 is 0 Å². The number of hydrogen-bond acceptors (Lipinski definition) is 11. The first-order valence-electron chi connectivity index (χ1n) is 21.2. The first kappa shape index (κ1) is 47.6. The average Bonchev–Trinajstić information content (AvgIpc) is 3.61. The third-order valence-electron chi connectivity index (χ3n) is 11.6. The lowest BCUT2D eigenvalue weighted by atomic mass is 9.91. The zero-order valence-corrected chi connectivity index (χ0v) is 37.8. The quantitative estimate of drug-likeness (QED) is 0.198. The summed E-state index contributed by atoms with van der Waals surface area (Å²) in [6.07, 6.45) is 18.8. The predicted octanol–water partition coefficient (Wildman–Crippen LogP) is 6.19. The van der Waals surface area contributed by atoms with Gasteiger partial charge in [-0.15, -0.1) is 0 Å². The highest BCUT2D eigenvalue weighted by Gasteiger charge is 2.29. The molecule has 2 aromatic rings. The van der Waals surface area contributed by atoms with Gasteiger partial charge < -0.3 is 29.1 Å². The van der Waals surface area contributed by atoms with Crippen LogP contribution in [0.4, 0.5) is 0 Å². The van der Waals surface area contributed by atoms with Crippen LogP contribution in [0.2, 0.25) is 0 Å². The lowest BCUT2D eigenvalue weighted by Gasteiger charge is -2.36. The molecule has 8 rings (SSSR count). The standard InChI is InChI=1S/C20H29N3O3.C16H23N3O.C5H10O2.CH3I.CH4S/c24-20(23-10-2-9-22(11-12-23)17-3-1-4-17)16-5-6-19(21-15-16)26-18-7-13-25-14-8-18;1-13-6-7-14(12-17-13)16(20)19-9-3-8-18(10-11-19)15-4-2-5-15;6-5-1-3-7-4-2-5;2*1-2/h5-6,15,17-18H,1-4,7-14H2;6-7,12,15H,2-5,8-11H2,1H3;5-6H,1-4H2;1H3;2H,1H3. The number of ether oxygens (including phenoxy) is 3. The van der Waals surface area contributed by atoms with Crippen molar-refractivity contribution in [1.29, 1.82) is 0 Å². The highest BCUT2D eigenvalue weighted by molar-refractivity contribution is 14.1. The molecule has 4 saturated heterocycles. The van der Waals surface area contributed by atoms with Crippen LogP contribution in [0.1, 0.15) is 103 Å². The van der Waals surface area contributed by atoms with Gasteiger partial charge in [-0.05, 0) is 87.7 Å². The average molecular weight is 925 g/mol. The van der Waals surface area contributed by atoms with Crippen molar-refractivity contribution < 1.29 is 28.9 Å². The van der Waals surface area contributed by atoms with E-state index in [0.717, 1.165) is 135 Å². The van der Waals surface area contributed by atoms with E-state index >= 15 is 0 Å². The summed E-state index contributed by atoms with van der Waals surface area (Å²) < 4.78 is 16.2. The number of nitrogens with zero attached hydrogens (tertiary/aromatic N) is 6. The zero-order chi connectivity index (χ0) is 40.8. The normalized spacial score (nSPS) is 21.4. The second-order valence-electron chi connectivity index (χ2n) is 15.4. The van der Waals surface area contributed by atoms with Crippen molar-refractivity contribution in [3.8, 4) is 5.88 Å². The van der Waals surface area contributed by atoms with E-state index in [-0.39, 0.29) is 24.0 Å². The Morgan fingerprint density at radius 3 is 1.51 bits per heavy atom. The van der Waals surface area contributed by atoms with E-state index in [1.54, 1.807) is 18.6 Å². The fourth-order valence-corrected chi connectivity index (χ4v) is 7.70. The molecule has 0 unspecified atom stereocenters. The Balaban J connectivity index is 0.000000205. The van der Waals surface area contributed by atoms with Crippen molar-refractivity contribution in [2.45, 2.75) is 108 Å². The third kappa shape index (κ3) is 15.8. The number of aliphatic hydroxyl groups is 1. The van der Waals surface area contributed by atoms with Crippen molar-refractivity contribution >= 4 is 47.0 Å². The smallest absolute Gasteiger partial charge is 0.255 e. The first-order chi connectivity index (χ1) is 27.9. The van der Waals surface area contributed by atoms with Gasteiger partial charge in [0.1, 0.15) is 6.10 Å². The molecule has 0 atom stereocenters. The summed E-state index contributed by atoms with van der Waals surface area (Å²) >= 11 is 5.68. The Morgan fingerprint density at radius 2 is 1.12 bits per heavy atom. The molecule has 6 aliphatic rings. The Kier molecular flexibility index (Phi) is 22.5. The topological polar surface area (TPSA) is 121 Å². The SMILES string of the molecule is CI.CS.Cc1ccc(C(=O)N2CCCN(C3CCC3)CC2)cn1.O=C(c1ccc(OC2CCOCC2)nc1)N1CCCN(C2CCC2)CC1.OC1CCOCC1. The van der Waals surface area contributed by atoms with Gasteiger partial charge in [-0.3, -0.25) is 24.4 Å². The highest BCUT2D eigenvalue weighted by atomic mass is 127. The van der Waals surface area contributed by atoms with Crippen LogP contribution in [0.3, 0.4) is 0 Å². The number of amides is 2. The lowest BCUT2D eigenvalue weighted by molar-refractivity contribution is 0.0140. The number of halogens is 1. The van der Waals surface area contributed by atoms with Crippen LogP contribution in [0, 0.1) is 6.92 Å². The van der Waals surface area contributed by atoms with E-state index < -0.39 is 0 Å². The van der Waals surface area contributed by atoms with Gasteiger partial charge in [0.05, 0.1) is 30.4 Å². The van der Waals surface area contributed by atoms with Crippen LogP contribution in [-0.2, 0) is 9.47 Å². The summed E-state index contributed by atoms with van der Waals surface area (Å²) in [5.41, 5.74) is 2.32. The fraction of sp³-hybridized carbons (Fsp3) is 0.721. The molecule has 6 fully saturated rings. The van der Waals surface area contributed by atoms with Crippen molar-refractivity contribution in [3.05, 3.63) is 53.5 Å². The Labute approximate surface area is 361 Å². The van der Waals surface area contributed by atoms with Crippen LogP contribution in [0.15, 0.2) is 36.7 Å². The Morgan fingerprint density at radius 1 is 0.649 bits per heavy atom. The largest absolute Gasteiger partial charge is 0.474 e. The van der Waals surface area contributed by atoms with E-state index in [1.165, 1.54) is 38.5 Å². The molecular formula is C43H69IN6O6S. The van der Waals surface area contributed by atoms with E-state index in [4.69, 9.17) is 19.3 Å². The van der Waals surface area contributed by atoms with Gasteiger partial charge in [0.2, 0.25) is 5.88 Å². The van der Waals surface area contributed by atoms with Gasteiger partial charge in [-0.25, -0.2) is 4.98 Å². The Bertz CT molecular complexity index is 1410. The zero-order valence-electron chi connectivity index (χ0n) is 34.7. The van der Waals surface area contributed by atoms with E-state index in [1.807, 2.05) is 45.9 Å². The lowest BCUT2D eigenvalue weighted by Crippen LogP contribution is -2.42. The number of aliphatic hydroxyl groups excluding tert-OH is 1. The van der Waals surface area contributed by atoms with Crippen molar-refractivity contribution in [2.24, 2.45) is 0 Å². The molecule has 6 heterocycles. The molecule has 12 nitrogen and oxygen atoms in total. The molecule has 320 valence electrons. The number of hydrogen-bond donors (Lipinski definition) is 2. The summed E-state index contributed by atoms with van der Waals surface area (Å²) in [7, 11) is 0. The number of aryl methyl sites for hydroxylation is 1. The van der Waals surface area contributed by atoms with Gasteiger partial charge in [0, 0.05) is 115 Å². The molecule has 2 saturated carbocycles. The van der Waals surface area contributed by atoms with Crippen molar-refractivity contribution in [2.75, 3.05) is 90.0 Å². The summed E-state index contributed by atoms with van der Waals surface area (Å²) in [4.78, 5) is 45.0. The predicted molar refractivity (Wildman–Crippen MR) is 238 cm³/mol. The minimum atomic E-state index is -0.0891. The molecule has 0 spiro atoms. The van der Waals surface area contributed by atoms with Crippen molar-refractivity contribution in [3.63, 3.8) is 0 Å². The number of thiol groups is 1. The number of aromatic nitrogens is 2. The molecule has 2 aromatic heterocycles. The van der Waals surface area contributed by atoms with Gasteiger partial charge in [-0.2, -0.15) is 12.6 Å². The molecule has 2 aliphatic carbocycles. The third-order valence-corrected chi connectivity index (χ3v) is 11.6. The molecule has 4 aliphatic heterocycles. The van der Waals surface area contributed by atoms with Crippen LogP contribution in [0.5, 0.6) is 5.88 Å². The monoisotopic (exact) mass is 924 g/mol.